The summed E-state index contributed by atoms with van der Waals surface area (Å²) in [6.07, 6.45) is -0.438. The van der Waals surface area contributed by atoms with E-state index in [1.54, 1.807) is 0 Å². The van der Waals surface area contributed by atoms with E-state index in [1.165, 1.54) is 0 Å². The number of amides is 1. The molecule has 0 heterocycles. The molecule has 1 rings (SSSR count). The van der Waals surface area contributed by atoms with Crippen LogP contribution in [0.2, 0.25) is 0 Å². The van der Waals surface area contributed by atoms with E-state index >= 15 is 0 Å². The molecular formula is C23H41N5O3. The number of ether oxygens (including phenoxy) is 2. The maximum atomic E-state index is 12.1. The highest BCUT2D eigenvalue weighted by molar-refractivity contribution is 5.80. The van der Waals surface area contributed by atoms with Gasteiger partial charge in [0.2, 0.25) is 0 Å². The molecule has 0 unspecified atom stereocenters. The molecular weight excluding hydrogens is 394 g/mol. The van der Waals surface area contributed by atoms with Gasteiger partial charge >= 0.3 is 6.09 Å². The number of hydrogen-bond acceptors (Lipinski definition) is 5. The third kappa shape index (κ3) is 12.7. The number of alkyl carbamates (subject to hydrolysis) is 1. The second-order valence-corrected chi connectivity index (χ2v) is 9.36. The van der Waals surface area contributed by atoms with E-state index in [9.17, 15) is 4.79 Å². The molecule has 8 heteroatoms. The number of carbonyl (C=O) groups excluding carboxylic acids is 1. The van der Waals surface area contributed by atoms with E-state index < -0.39 is 17.2 Å². The highest BCUT2D eigenvalue weighted by Gasteiger charge is 2.24. The fourth-order valence-electron chi connectivity index (χ4n) is 2.52. The van der Waals surface area contributed by atoms with Gasteiger partial charge in [0.25, 0.3) is 0 Å². The third-order valence-corrected chi connectivity index (χ3v) is 4.01. The predicted molar refractivity (Wildman–Crippen MR) is 127 cm³/mol. The molecule has 8 nitrogen and oxygen atoms in total. The van der Waals surface area contributed by atoms with Crippen LogP contribution in [0.25, 0.3) is 0 Å². The summed E-state index contributed by atoms with van der Waals surface area (Å²) in [6.45, 7) is 14.7. The quantitative estimate of drug-likeness (QED) is 0.387. The molecule has 0 aliphatic rings. The SMILES string of the molecule is CCNC(=NCc1cccc(OCCN(C)C)c1)NCC(C)(C)NC(=O)OC(C)(C)C. The number of guanidine groups is 1. The number of nitrogens with one attached hydrogen (secondary N) is 3. The molecule has 176 valence electrons. The Bertz CT molecular complexity index is 711. The number of likely N-dealkylation sites (N-methyl/N-ethyl adjacent to an activating group) is 1. The summed E-state index contributed by atoms with van der Waals surface area (Å²) >= 11 is 0. The predicted octanol–water partition coefficient (Wildman–Crippen LogP) is 2.99. The van der Waals surface area contributed by atoms with Crippen molar-refractivity contribution >= 4 is 12.1 Å². The summed E-state index contributed by atoms with van der Waals surface area (Å²) in [5.41, 5.74) is 0.0126. The lowest BCUT2D eigenvalue weighted by Gasteiger charge is -2.29. The molecule has 0 aliphatic heterocycles. The smallest absolute Gasteiger partial charge is 0.408 e. The average molecular weight is 436 g/mol. The number of hydrogen-bond donors (Lipinski definition) is 3. The molecule has 31 heavy (non-hydrogen) atoms. The minimum Gasteiger partial charge on any atom is -0.492 e. The molecule has 0 bridgehead atoms. The van der Waals surface area contributed by atoms with Gasteiger partial charge in [0, 0.05) is 19.6 Å². The lowest BCUT2D eigenvalue weighted by molar-refractivity contribution is 0.0474. The van der Waals surface area contributed by atoms with Gasteiger partial charge in [0.05, 0.1) is 12.1 Å². The van der Waals surface area contributed by atoms with Gasteiger partial charge in [-0.25, -0.2) is 9.79 Å². The van der Waals surface area contributed by atoms with Crippen LogP contribution < -0.4 is 20.7 Å². The number of rotatable bonds is 10. The molecule has 1 amide bonds. The summed E-state index contributed by atoms with van der Waals surface area (Å²) < 4.78 is 11.1. The Morgan fingerprint density at radius 3 is 2.45 bits per heavy atom. The Balaban J connectivity index is 2.65. The fourth-order valence-corrected chi connectivity index (χ4v) is 2.52. The molecule has 1 aromatic rings. The van der Waals surface area contributed by atoms with Crippen molar-refractivity contribution in [1.29, 1.82) is 0 Å². The van der Waals surface area contributed by atoms with Crippen molar-refractivity contribution in [3.05, 3.63) is 29.8 Å². The van der Waals surface area contributed by atoms with Crippen LogP contribution in [0.1, 0.15) is 47.1 Å². The zero-order valence-corrected chi connectivity index (χ0v) is 20.5. The number of benzene rings is 1. The Morgan fingerprint density at radius 2 is 1.84 bits per heavy atom. The van der Waals surface area contributed by atoms with Crippen LogP contribution in [0, 0.1) is 0 Å². The Hall–Kier alpha value is -2.48. The molecule has 0 radical (unpaired) electrons. The maximum absolute atomic E-state index is 12.1. The molecule has 0 spiro atoms. The molecule has 1 aromatic carbocycles. The van der Waals surface area contributed by atoms with Crippen molar-refractivity contribution in [1.82, 2.24) is 20.9 Å². The minimum absolute atomic E-state index is 0.438. The lowest BCUT2D eigenvalue weighted by Crippen LogP contribution is -2.54. The maximum Gasteiger partial charge on any atom is 0.408 e. The topological polar surface area (TPSA) is 87.2 Å². The van der Waals surface area contributed by atoms with E-state index in [-0.39, 0.29) is 0 Å². The van der Waals surface area contributed by atoms with Crippen LogP contribution in [-0.4, -0.2) is 68.4 Å². The second-order valence-electron chi connectivity index (χ2n) is 9.36. The first-order valence-electron chi connectivity index (χ1n) is 10.8. The largest absolute Gasteiger partial charge is 0.492 e. The number of nitrogens with zero attached hydrogens (tertiary/aromatic N) is 2. The minimum atomic E-state index is -0.533. The summed E-state index contributed by atoms with van der Waals surface area (Å²) in [6, 6.07) is 7.97. The van der Waals surface area contributed by atoms with Crippen LogP contribution >= 0.6 is 0 Å². The zero-order valence-electron chi connectivity index (χ0n) is 20.5. The van der Waals surface area contributed by atoms with Crippen molar-refractivity contribution in [2.24, 2.45) is 4.99 Å². The normalized spacial score (nSPS) is 12.5. The first kappa shape index (κ1) is 26.6. The van der Waals surface area contributed by atoms with Crippen molar-refractivity contribution in [3.8, 4) is 5.75 Å². The van der Waals surface area contributed by atoms with Crippen molar-refractivity contribution in [2.75, 3.05) is 40.3 Å². The monoisotopic (exact) mass is 435 g/mol. The van der Waals surface area contributed by atoms with Crippen LogP contribution in [0.3, 0.4) is 0 Å². The molecule has 0 saturated heterocycles. The standard InChI is InChI=1S/C23H41N5O3/c1-9-24-20(26-17-23(5,6)27-21(29)31-22(2,3)4)25-16-18-11-10-12-19(15-18)30-14-13-28(7)8/h10-12,15H,9,13-14,16-17H2,1-8H3,(H,27,29)(H2,24,25,26). The Morgan fingerprint density at radius 1 is 1.13 bits per heavy atom. The van der Waals surface area contributed by atoms with Gasteiger partial charge in [0.15, 0.2) is 5.96 Å². The van der Waals surface area contributed by atoms with Crippen LogP contribution in [0.4, 0.5) is 4.79 Å². The summed E-state index contributed by atoms with van der Waals surface area (Å²) in [5.74, 6) is 1.52. The van der Waals surface area contributed by atoms with Crippen molar-refractivity contribution in [3.63, 3.8) is 0 Å². The molecule has 0 fully saturated rings. The van der Waals surface area contributed by atoms with Gasteiger partial charge in [-0.2, -0.15) is 0 Å². The first-order chi connectivity index (χ1) is 14.4. The Kier molecular flexibility index (Phi) is 10.6. The van der Waals surface area contributed by atoms with Crippen molar-refractivity contribution < 1.29 is 14.3 Å². The summed E-state index contributed by atoms with van der Waals surface area (Å²) in [4.78, 5) is 18.8. The van der Waals surface area contributed by atoms with Gasteiger partial charge in [-0.3, -0.25) is 0 Å². The highest BCUT2D eigenvalue weighted by Crippen LogP contribution is 2.14. The van der Waals surface area contributed by atoms with Crippen LogP contribution in [0.15, 0.2) is 29.3 Å². The first-order valence-corrected chi connectivity index (χ1v) is 10.8. The molecule has 0 atom stereocenters. The van der Waals surface area contributed by atoms with Gasteiger partial charge in [-0.1, -0.05) is 12.1 Å². The highest BCUT2D eigenvalue weighted by atomic mass is 16.6. The van der Waals surface area contributed by atoms with Gasteiger partial charge in [0.1, 0.15) is 18.0 Å². The van der Waals surface area contributed by atoms with Gasteiger partial charge < -0.3 is 30.3 Å². The second kappa shape index (κ2) is 12.4. The third-order valence-electron chi connectivity index (χ3n) is 4.01. The van der Waals surface area contributed by atoms with Crippen LogP contribution in [0.5, 0.6) is 5.75 Å². The Labute approximate surface area is 187 Å². The van der Waals surface area contributed by atoms with E-state index in [0.29, 0.717) is 25.7 Å². The van der Waals surface area contributed by atoms with E-state index in [0.717, 1.165) is 24.4 Å². The van der Waals surface area contributed by atoms with Crippen molar-refractivity contribution in [2.45, 2.75) is 59.2 Å². The summed E-state index contributed by atoms with van der Waals surface area (Å²) in [7, 11) is 4.04. The molecule has 3 N–H and O–H groups in total. The van der Waals surface area contributed by atoms with E-state index in [4.69, 9.17) is 9.47 Å². The molecule has 0 aromatic heterocycles. The molecule has 0 aliphatic carbocycles. The zero-order chi connectivity index (χ0) is 23.5. The van der Waals surface area contributed by atoms with Crippen LogP contribution in [-0.2, 0) is 11.3 Å². The molecule has 0 saturated carbocycles. The van der Waals surface area contributed by atoms with E-state index in [1.807, 2.05) is 79.9 Å². The summed E-state index contributed by atoms with van der Waals surface area (Å²) in [5, 5.41) is 9.42. The number of aliphatic imine (C=N–C) groups is 1. The van der Waals surface area contributed by atoms with Gasteiger partial charge in [-0.05, 0) is 73.3 Å². The lowest BCUT2D eigenvalue weighted by atomic mass is 10.1. The van der Waals surface area contributed by atoms with E-state index in [2.05, 4.69) is 25.8 Å². The average Bonchev–Trinajstić information content (AvgIpc) is 2.62. The van der Waals surface area contributed by atoms with Gasteiger partial charge in [-0.15, -0.1) is 0 Å². The number of carbonyl (C=O) groups is 1. The fraction of sp³-hybridized carbons (Fsp3) is 0.652.